The highest BCUT2D eigenvalue weighted by molar-refractivity contribution is 5.82. The van der Waals surface area contributed by atoms with Crippen LogP contribution in [0.5, 0.6) is 0 Å². The molecule has 0 spiro atoms. The van der Waals surface area contributed by atoms with Crippen molar-refractivity contribution < 1.29 is 10.0 Å². The molecule has 0 fully saturated rings. The third-order valence-corrected chi connectivity index (χ3v) is 1.88. The Bertz CT molecular complexity index is 287. The Hall–Kier alpha value is -1.39. The van der Waals surface area contributed by atoms with Gasteiger partial charge in [0.05, 0.1) is 0 Å². The van der Waals surface area contributed by atoms with Crippen LogP contribution in [0.2, 0.25) is 0 Å². The molecular weight excluding hydrogens is 180 g/mol. The standard InChI is InChI=1S/C10H14N2O2/c1-2-11-10(13)9(12-14)8-6-4-3-5-7-8/h3-7,9,12,14H,2H2,1H3,(H,11,13). The average Bonchev–Trinajstić information content (AvgIpc) is 2.21. The summed E-state index contributed by atoms with van der Waals surface area (Å²) in [5.74, 6) is -0.235. The molecule has 1 unspecified atom stereocenters. The number of rotatable bonds is 4. The molecule has 0 aliphatic carbocycles. The molecule has 4 nitrogen and oxygen atoms in total. The lowest BCUT2D eigenvalue weighted by atomic mass is 10.1. The SMILES string of the molecule is CCNC(=O)C(NO)c1ccccc1. The maximum Gasteiger partial charge on any atom is 0.244 e. The third kappa shape index (κ3) is 2.55. The van der Waals surface area contributed by atoms with Crippen LogP contribution in [0.15, 0.2) is 30.3 Å². The van der Waals surface area contributed by atoms with Gasteiger partial charge in [0.2, 0.25) is 5.91 Å². The van der Waals surface area contributed by atoms with Crippen LogP contribution < -0.4 is 10.8 Å². The molecule has 0 saturated heterocycles. The normalized spacial score (nSPS) is 12.1. The molecule has 1 amide bonds. The fraction of sp³-hybridized carbons (Fsp3) is 0.300. The molecule has 3 N–H and O–H groups in total. The molecule has 4 heteroatoms. The highest BCUT2D eigenvalue weighted by atomic mass is 16.5. The van der Waals surface area contributed by atoms with Crippen molar-refractivity contribution in [3.8, 4) is 0 Å². The summed E-state index contributed by atoms with van der Waals surface area (Å²) in [6, 6.07) is 8.36. The fourth-order valence-electron chi connectivity index (χ4n) is 1.21. The minimum atomic E-state index is -0.698. The lowest BCUT2D eigenvalue weighted by Gasteiger charge is -2.14. The Labute approximate surface area is 82.9 Å². The number of nitrogens with one attached hydrogen (secondary N) is 2. The second-order valence-corrected chi connectivity index (χ2v) is 2.87. The smallest absolute Gasteiger partial charge is 0.244 e. The molecule has 14 heavy (non-hydrogen) atoms. The fourth-order valence-corrected chi connectivity index (χ4v) is 1.21. The van der Waals surface area contributed by atoms with E-state index in [1.165, 1.54) is 0 Å². The van der Waals surface area contributed by atoms with Crippen molar-refractivity contribution in [1.82, 2.24) is 10.8 Å². The van der Waals surface area contributed by atoms with Gasteiger partial charge in [-0.25, -0.2) is 0 Å². The molecule has 0 aliphatic heterocycles. The van der Waals surface area contributed by atoms with Crippen LogP contribution in [0.25, 0.3) is 0 Å². The van der Waals surface area contributed by atoms with Gasteiger partial charge in [-0.2, -0.15) is 5.48 Å². The minimum Gasteiger partial charge on any atom is -0.355 e. The molecule has 76 valence electrons. The van der Waals surface area contributed by atoms with Gasteiger partial charge in [0.15, 0.2) is 0 Å². The second kappa shape index (κ2) is 5.36. The van der Waals surface area contributed by atoms with Crippen LogP contribution in [0.3, 0.4) is 0 Å². The number of hydroxylamine groups is 1. The van der Waals surface area contributed by atoms with Crippen molar-refractivity contribution in [2.75, 3.05) is 6.54 Å². The van der Waals surface area contributed by atoms with E-state index in [9.17, 15) is 4.79 Å². The Balaban J connectivity index is 2.77. The van der Waals surface area contributed by atoms with Gasteiger partial charge in [0, 0.05) is 6.54 Å². The highest BCUT2D eigenvalue weighted by Crippen LogP contribution is 2.11. The molecule has 0 bridgehead atoms. The van der Waals surface area contributed by atoms with Gasteiger partial charge < -0.3 is 10.5 Å². The number of carbonyl (C=O) groups excluding carboxylic acids is 1. The third-order valence-electron chi connectivity index (χ3n) is 1.88. The van der Waals surface area contributed by atoms with Crippen molar-refractivity contribution in [2.45, 2.75) is 13.0 Å². The Kier molecular flexibility index (Phi) is 4.10. The van der Waals surface area contributed by atoms with E-state index in [4.69, 9.17) is 5.21 Å². The zero-order valence-electron chi connectivity index (χ0n) is 8.03. The predicted molar refractivity (Wildman–Crippen MR) is 52.8 cm³/mol. The highest BCUT2D eigenvalue weighted by Gasteiger charge is 2.17. The van der Waals surface area contributed by atoms with Crippen LogP contribution in [0.1, 0.15) is 18.5 Å². The second-order valence-electron chi connectivity index (χ2n) is 2.87. The maximum absolute atomic E-state index is 11.4. The maximum atomic E-state index is 11.4. The van der Waals surface area contributed by atoms with E-state index in [0.29, 0.717) is 6.54 Å². The Morgan fingerprint density at radius 3 is 2.57 bits per heavy atom. The van der Waals surface area contributed by atoms with Crippen molar-refractivity contribution >= 4 is 5.91 Å². The topological polar surface area (TPSA) is 61.4 Å². The van der Waals surface area contributed by atoms with Crippen LogP contribution in [0, 0.1) is 0 Å². The van der Waals surface area contributed by atoms with Crippen molar-refractivity contribution in [3.05, 3.63) is 35.9 Å². The zero-order chi connectivity index (χ0) is 10.4. The molecule has 1 atom stereocenters. The summed E-state index contributed by atoms with van der Waals surface area (Å²) < 4.78 is 0. The number of hydrogen-bond acceptors (Lipinski definition) is 3. The first kappa shape index (κ1) is 10.7. The lowest BCUT2D eigenvalue weighted by molar-refractivity contribution is -0.125. The largest absolute Gasteiger partial charge is 0.355 e. The molecular formula is C10H14N2O2. The van der Waals surface area contributed by atoms with Crippen molar-refractivity contribution in [2.24, 2.45) is 0 Å². The minimum absolute atomic E-state index is 0.235. The van der Waals surface area contributed by atoms with Crippen molar-refractivity contribution in [3.63, 3.8) is 0 Å². The van der Waals surface area contributed by atoms with E-state index in [1.807, 2.05) is 30.6 Å². The number of benzene rings is 1. The van der Waals surface area contributed by atoms with Gasteiger partial charge in [-0.05, 0) is 12.5 Å². The van der Waals surface area contributed by atoms with Gasteiger partial charge in [-0.3, -0.25) is 4.79 Å². The van der Waals surface area contributed by atoms with E-state index in [2.05, 4.69) is 5.32 Å². The summed E-state index contributed by atoms with van der Waals surface area (Å²) in [5.41, 5.74) is 2.73. The van der Waals surface area contributed by atoms with Gasteiger partial charge in [-0.1, -0.05) is 30.3 Å². The summed E-state index contributed by atoms with van der Waals surface area (Å²) in [6.07, 6.45) is 0. The molecule has 0 aromatic heterocycles. The molecule has 1 aromatic rings. The van der Waals surface area contributed by atoms with E-state index in [1.54, 1.807) is 12.1 Å². The number of hydrogen-bond donors (Lipinski definition) is 3. The molecule has 1 aromatic carbocycles. The summed E-state index contributed by atoms with van der Waals surface area (Å²) in [7, 11) is 0. The van der Waals surface area contributed by atoms with Gasteiger partial charge in [0.1, 0.15) is 6.04 Å². The van der Waals surface area contributed by atoms with Crippen LogP contribution in [-0.4, -0.2) is 17.7 Å². The number of carbonyl (C=O) groups is 1. The zero-order valence-corrected chi connectivity index (χ0v) is 8.03. The van der Waals surface area contributed by atoms with Crippen LogP contribution >= 0.6 is 0 Å². The van der Waals surface area contributed by atoms with Crippen LogP contribution in [-0.2, 0) is 4.79 Å². The monoisotopic (exact) mass is 194 g/mol. The van der Waals surface area contributed by atoms with Gasteiger partial charge >= 0.3 is 0 Å². The first-order chi connectivity index (χ1) is 6.79. The summed E-state index contributed by atoms with van der Waals surface area (Å²) in [5, 5.41) is 11.5. The van der Waals surface area contributed by atoms with Crippen molar-refractivity contribution in [1.29, 1.82) is 0 Å². The summed E-state index contributed by atoms with van der Waals surface area (Å²) >= 11 is 0. The Morgan fingerprint density at radius 1 is 1.43 bits per heavy atom. The van der Waals surface area contributed by atoms with E-state index in [0.717, 1.165) is 5.56 Å². The first-order valence-corrected chi connectivity index (χ1v) is 4.52. The van der Waals surface area contributed by atoms with E-state index >= 15 is 0 Å². The molecule has 0 radical (unpaired) electrons. The number of likely N-dealkylation sites (N-methyl/N-ethyl adjacent to an activating group) is 1. The molecule has 0 aliphatic rings. The summed E-state index contributed by atoms with van der Waals surface area (Å²) in [6.45, 7) is 2.38. The first-order valence-electron chi connectivity index (χ1n) is 4.52. The number of amides is 1. The summed E-state index contributed by atoms with van der Waals surface area (Å²) in [4.78, 5) is 11.4. The van der Waals surface area contributed by atoms with Crippen LogP contribution in [0.4, 0.5) is 0 Å². The Morgan fingerprint density at radius 2 is 2.07 bits per heavy atom. The molecule has 1 rings (SSSR count). The van der Waals surface area contributed by atoms with E-state index in [-0.39, 0.29) is 5.91 Å². The predicted octanol–water partition coefficient (Wildman–Crippen LogP) is 0.843. The van der Waals surface area contributed by atoms with Gasteiger partial charge in [-0.15, -0.1) is 0 Å². The molecule has 0 heterocycles. The quantitative estimate of drug-likeness (QED) is 0.622. The molecule has 0 saturated carbocycles. The average molecular weight is 194 g/mol. The van der Waals surface area contributed by atoms with Gasteiger partial charge in [0.25, 0.3) is 0 Å². The lowest BCUT2D eigenvalue weighted by Crippen LogP contribution is -2.36. The van der Waals surface area contributed by atoms with E-state index < -0.39 is 6.04 Å².